The molecule has 3 N–H and O–H groups in total. The lowest BCUT2D eigenvalue weighted by Crippen LogP contribution is -2.45. The number of hydrogen-bond acceptors (Lipinski definition) is 3. The predicted molar refractivity (Wildman–Crippen MR) is 54.4 cm³/mol. The van der Waals surface area contributed by atoms with Crippen LogP contribution in [0.5, 0.6) is 0 Å². The number of likely N-dealkylation sites (N-methyl/N-ethyl adjacent to an activating group) is 1. The SMILES string of the molecule is CC1CC1CN(C)CC(C)(O)CN. The Hall–Kier alpha value is -0.120. The number of hydrogen-bond donors (Lipinski definition) is 2. The van der Waals surface area contributed by atoms with Crippen LogP contribution in [0.4, 0.5) is 0 Å². The van der Waals surface area contributed by atoms with Crippen molar-refractivity contribution in [2.45, 2.75) is 25.9 Å². The van der Waals surface area contributed by atoms with E-state index in [1.165, 1.54) is 6.42 Å². The van der Waals surface area contributed by atoms with Gasteiger partial charge in [-0.25, -0.2) is 0 Å². The minimum Gasteiger partial charge on any atom is -0.388 e. The number of nitrogens with zero attached hydrogens (tertiary/aromatic N) is 1. The highest BCUT2D eigenvalue weighted by atomic mass is 16.3. The summed E-state index contributed by atoms with van der Waals surface area (Å²) in [6.45, 7) is 6.17. The normalized spacial score (nSPS) is 31.8. The number of nitrogens with two attached hydrogens (primary N) is 1. The van der Waals surface area contributed by atoms with Gasteiger partial charge in [-0.05, 0) is 32.2 Å². The summed E-state index contributed by atoms with van der Waals surface area (Å²) in [5.74, 6) is 1.73. The van der Waals surface area contributed by atoms with E-state index in [9.17, 15) is 5.11 Å². The largest absolute Gasteiger partial charge is 0.388 e. The van der Waals surface area contributed by atoms with E-state index in [4.69, 9.17) is 5.73 Å². The summed E-state index contributed by atoms with van der Waals surface area (Å²) in [5.41, 5.74) is 4.72. The second kappa shape index (κ2) is 3.95. The molecule has 1 aliphatic rings. The van der Waals surface area contributed by atoms with E-state index in [0.29, 0.717) is 13.1 Å². The Morgan fingerprint density at radius 3 is 2.54 bits per heavy atom. The fourth-order valence-corrected chi connectivity index (χ4v) is 1.76. The van der Waals surface area contributed by atoms with E-state index in [1.807, 2.05) is 0 Å². The number of aliphatic hydroxyl groups is 1. The Labute approximate surface area is 80.9 Å². The maximum atomic E-state index is 9.73. The molecule has 3 unspecified atom stereocenters. The molecule has 1 fully saturated rings. The molecule has 0 aromatic heterocycles. The molecule has 1 rings (SSSR count). The summed E-state index contributed by atoms with van der Waals surface area (Å²) in [5, 5.41) is 9.73. The predicted octanol–water partition coefficient (Wildman–Crippen LogP) is 0.284. The molecule has 3 heteroatoms. The Bertz CT molecular complexity index is 170. The molecule has 13 heavy (non-hydrogen) atoms. The van der Waals surface area contributed by atoms with E-state index < -0.39 is 5.60 Å². The van der Waals surface area contributed by atoms with Crippen LogP contribution in [0, 0.1) is 11.8 Å². The summed E-state index contributed by atoms with van der Waals surface area (Å²) < 4.78 is 0. The minimum atomic E-state index is -0.729. The summed E-state index contributed by atoms with van der Waals surface area (Å²) in [6.07, 6.45) is 1.34. The van der Waals surface area contributed by atoms with Crippen molar-refractivity contribution in [3.05, 3.63) is 0 Å². The zero-order valence-corrected chi connectivity index (χ0v) is 8.95. The van der Waals surface area contributed by atoms with Crippen molar-refractivity contribution < 1.29 is 5.11 Å². The lowest BCUT2D eigenvalue weighted by atomic mass is 10.1. The van der Waals surface area contributed by atoms with Crippen LogP contribution >= 0.6 is 0 Å². The van der Waals surface area contributed by atoms with Crippen molar-refractivity contribution in [1.82, 2.24) is 4.90 Å². The van der Waals surface area contributed by atoms with Crippen LogP contribution in [-0.4, -0.2) is 42.3 Å². The summed E-state index contributed by atoms with van der Waals surface area (Å²) in [7, 11) is 2.05. The molecule has 0 radical (unpaired) electrons. The van der Waals surface area contributed by atoms with Gasteiger partial charge in [0.2, 0.25) is 0 Å². The Morgan fingerprint density at radius 2 is 2.15 bits per heavy atom. The Kier molecular flexibility index (Phi) is 3.33. The van der Waals surface area contributed by atoms with Crippen molar-refractivity contribution in [3.63, 3.8) is 0 Å². The molecule has 0 saturated heterocycles. The number of rotatable bonds is 5. The molecule has 78 valence electrons. The molecule has 0 aromatic rings. The van der Waals surface area contributed by atoms with Gasteiger partial charge in [0.25, 0.3) is 0 Å². The molecule has 0 aromatic carbocycles. The van der Waals surface area contributed by atoms with Gasteiger partial charge in [0.05, 0.1) is 5.60 Å². The lowest BCUT2D eigenvalue weighted by molar-refractivity contribution is 0.0337. The van der Waals surface area contributed by atoms with Gasteiger partial charge in [-0.2, -0.15) is 0 Å². The highest BCUT2D eigenvalue weighted by molar-refractivity contribution is 4.86. The highest BCUT2D eigenvalue weighted by Crippen LogP contribution is 2.38. The molecular weight excluding hydrogens is 164 g/mol. The van der Waals surface area contributed by atoms with Gasteiger partial charge in [-0.1, -0.05) is 6.92 Å². The maximum absolute atomic E-state index is 9.73. The van der Waals surface area contributed by atoms with Gasteiger partial charge < -0.3 is 15.7 Å². The van der Waals surface area contributed by atoms with Crippen molar-refractivity contribution in [2.75, 3.05) is 26.7 Å². The third-order valence-corrected chi connectivity index (χ3v) is 2.87. The molecule has 0 aliphatic heterocycles. The van der Waals surface area contributed by atoms with E-state index >= 15 is 0 Å². The third-order valence-electron chi connectivity index (χ3n) is 2.87. The molecule has 1 saturated carbocycles. The second-order valence-electron chi connectivity index (χ2n) is 4.87. The van der Waals surface area contributed by atoms with Crippen molar-refractivity contribution in [3.8, 4) is 0 Å². The molecule has 0 spiro atoms. The zero-order valence-electron chi connectivity index (χ0n) is 8.95. The van der Waals surface area contributed by atoms with Crippen LogP contribution in [-0.2, 0) is 0 Å². The van der Waals surface area contributed by atoms with E-state index in [2.05, 4.69) is 18.9 Å². The van der Waals surface area contributed by atoms with Crippen LogP contribution < -0.4 is 5.73 Å². The van der Waals surface area contributed by atoms with Crippen LogP contribution in [0.2, 0.25) is 0 Å². The van der Waals surface area contributed by atoms with Crippen molar-refractivity contribution >= 4 is 0 Å². The van der Waals surface area contributed by atoms with Gasteiger partial charge in [-0.15, -0.1) is 0 Å². The summed E-state index contributed by atoms with van der Waals surface area (Å²) >= 11 is 0. The smallest absolute Gasteiger partial charge is 0.0867 e. The quantitative estimate of drug-likeness (QED) is 0.648. The van der Waals surface area contributed by atoms with Gasteiger partial charge in [0.15, 0.2) is 0 Å². The molecule has 0 amide bonds. The van der Waals surface area contributed by atoms with Gasteiger partial charge in [-0.3, -0.25) is 0 Å². The van der Waals surface area contributed by atoms with Crippen LogP contribution in [0.15, 0.2) is 0 Å². The fourth-order valence-electron chi connectivity index (χ4n) is 1.76. The van der Waals surface area contributed by atoms with Crippen LogP contribution in [0.1, 0.15) is 20.3 Å². The third kappa shape index (κ3) is 3.63. The monoisotopic (exact) mass is 186 g/mol. The van der Waals surface area contributed by atoms with Crippen LogP contribution in [0.25, 0.3) is 0 Å². The lowest BCUT2D eigenvalue weighted by Gasteiger charge is -2.27. The summed E-state index contributed by atoms with van der Waals surface area (Å²) in [4.78, 5) is 2.18. The minimum absolute atomic E-state index is 0.331. The van der Waals surface area contributed by atoms with Crippen LogP contribution in [0.3, 0.4) is 0 Å². The maximum Gasteiger partial charge on any atom is 0.0867 e. The molecule has 3 atom stereocenters. The first kappa shape index (κ1) is 11.0. The Balaban J connectivity index is 2.20. The zero-order chi connectivity index (χ0) is 10.1. The van der Waals surface area contributed by atoms with Gasteiger partial charge in [0, 0.05) is 19.6 Å². The Morgan fingerprint density at radius 1 is 1.62 bits per heavy atom. The highest BCUT2D eigenvalue weighted by Gasteiger charge is 2.34. The first-order valence-corrected chi connectivity index (χ1v) is 5.05. The van der Waals surface area contributed by atoms with E-state index in [-0.39, 0.29) is 0 Å². The average Bonchev–Trinajstić information content (AvgIpc) is 2.65. The molecule has 0 heterocycles. The van der Waals surface area contributed by atoms with E-state index in [1.54, 1.807) is 6.92 Å². The molecule has 0 bridgehead atoms. The van der Waals surface area contributed by atoms with Crippen molar-refractivity contribution in [1.29, 1.82) is 0 Å². The fraction of sp³-hybridized carbons (Fsp3) is 1.00. The van der Waals surface area contributed by atoms with Crippen molar-refractivity contribution in [2.24, 2.45) is 17.6 Å². The first-order valence-electron chi connectivity index (χ1n) is 5.05. The molecule has 3 nitrogen and oxygen atoms in total. The first-order chi connectivity index (χ1) is 5.94. The van der Waals surface area contributed by atoms with Gasteiger partial charge in [0.1, 0.15) is 0 Å². The standard InChI is InChI=1S/C10H22N2O/c1-8-4-9(8)5-12(3)7-10(2,13)6-11/h8-9,13H,4-7,11H2,1-3H3. The van der Waals surface area contributed by atoms with E-state index in [0.717, 1.165) is 18.4 Å². The average molecular weight is 186 g/mol. The second-order valence-corrected chi connectivity index (χ2v) is 4.87. The molecular formula is C10H22N2O. The molecule has 1 aliphatic carbocycles. The topological polar surface area (TPSA) is 49.5 Å². The van der Waals surface area contributed by atoms with Gasteiger partial charge >= 0.3 is 0 Å². The summed E-state index contributed by atoms with van der Waals surface area (Å²) in [6, 6.07) is 0.